The summed E-state index contributed by atoms with van der Waals surface area (Å²) in [6.07, 6.45) is 0.705. The lowest BCUT2D eigenvalue weighted by Gasteiger charge is -2.34. The largest absolute Gasteiger partial charge is 0.344 e. The molecule has 2 heterocycles. The Labute approximate surface area is 201 Å². The van der Waals surface area contributed by atoms with Crippen LogP contribution in [0.4, 0.5) is 15.6 Å². The fourth-order valence-electron chi connectivity index (χ4n) is 3.46. The Balaban J connectivity index is 1.17. The standard InChI is InChI=1S/C22H24Cl2N6OS/c23-17-6-4-16(5-7-17)14-20-27-22(32-28-20)30-12-10-29(11-13-30)9-8-25-21(31)26-19-3-1-2-18(24)15-19/h1-7,15H,8-14H2,(H2,25,26,31). The molecular weight excluding hydrogens is 467 g/mol. The van der Waals surface area contributed by atoms with E-state index in [1.165, 1.54) is 11.5 Å². The van der Waals surface area contributed by atoms with E-state index in [9.17, 15) is 4.79 Å². The summed E-state index contributed by atoms with van der Waals surface area (Å²) in [7, 11) is 0. The number of halogens is 2. The molecule has 3 aromatic rings. The summed E-state index contributed by atoms with van der Waals surface area (Å²) in [6, 6.07) is 14.7. The molecule has 10 heteroatoms. The van der Waals surface area contributed by atoms with Gasteiger partial charge in [-0.05, 0) is 35.9 Å². The van der Waals surface area contributed by atoms with Crippen LogP contribution in [0, 0.1) is 0 Å². The molecule has 4 rings (SSSR count). The van der Waals surface area contributed by atoms with Gasteiger partial charge in [0, 0.05) is 73.0 Å². The van der Waals surface area contributed by atoms with Crippen LogP contribution in [-0.2, 0) is 6.42 Å². The summed E-state index contributed by atoms with van der Waals surface area (Å²) in [4.78, 5) is 21.4. The first-order chi connectivity index (χ1) is 15.5. The van der Waals surface area contributed by atoms with Gasteiger partial charge in [-0.2, -0.15) is 4.37 Å². The van der Waals surface area contributed by atoms with Crippen molar-refractivity contribution in [2.45, 2.75) is 6.42 Å². The third-order valence-corrected chi connectivity index (χ3v) is 6.47. The monoisotopic (exact) mass is 490 g/mol. The molecular formula is C22H24Cl2N6OS. The number of urea groups is 1. The maximum absolute atomic E-state index is 12.0. The summed E-state index contributed by atoms with van der Waals surface area (Å²) in [6.45, 7) is 5.01. The number of anilines is 2. The highest BCUT2D eigenvalue weighted by Gasteiger charge is 2.20. The second kappa shape index (κ2) is 11.0. The van der Waals surface area contributed by atoms with E-state index in [0.29, 0.717) is 23.7 Å². The first kappa shape index (κ1) is 22.8. The quantitative estimate of drug-likeness (QED) is 0.513. The zero-order valence-corrected chi connectivity index (χ0v) is 19.8. The van der Waals surface area contributed by atoms with Crippen molar-refractivity contribution >= 4 is 51.6 Å². The third kappa shape index (κ3) is 6.56. The lowest BCUT2D eigenvalue weighted by atomic mass is 10.1. The maximum Gasteiger partial charge on any atom is 0.319 e. The van der Waals surface area contributed by atoms with E-state index < -0.39 is 0 Å². The highest BCUT2D eigenvalue weighted by molar-refractivity contribution is 7.09. The number of piperazine rings is 1. The number of benzene rings is 2. The van der Waals surface area contributed by atoms with Crippen LogP contribution in [0.1, 0.15) is 11.4 Å². The minimum atomic E-state index is -0.229. The molecule has 0 atom stereocenters. The molecule has 2 amide bonds. The molecule has 2 aromatic carbocycles. The van der Waals surface area contributed by atoms with Crippen LogP contribution in [-0.4, -0.2) is 59.6 Å². The van der Waals surface area contributed by atoms with Crippen molar-refractivity contribution in [3.8, 4) is 0 Å². The molecule has 1 aliphatic rings. The molecule has 1 saturated heterocycles. The normalized spacial score (nSPS) is 14.4. The zero-order valence-electron chi connectivity index (χ0n) is 17.4. The molecule has 1 aromatic heterocycles. The minimum Gasteiger partial charge on any atom is -0.344 e. The predicted octanol–water partition coefficient (Wildman–Crippen LogP) is 4.38. The van der Waals surface area contributed by atoms with Crippen LogP contribution in [0.15, 0.2) is 48.5 Å². The Bertz CT molecular complexity index is 1040. The molecule has 0 saturated carbocycles. The van der Waals surface area contributed by atoms with Crippen molar-refractivity contribution in [2.75, 3.05) is 49.5 Å². The van der Waals surface area contributed by atoms with Gasteiger partial charge in [-0.1, -0.05) is 41.4 Å². The van der Waals surface area contributed by atoms with E-state index in [4.69, 9.17) is 28.2 Å². The summed E-state index contributed by atoms with van der Waals surface area (Å²) in [5.74, 6) is 0.838. The van der Waals surface area contributed by atoms with Gasteiger partial charge in [-0.3, -0.25) is 4.90 Å². The fourth-order valence-corrected chi connectivity index (χ4v) is 4.51. The Kier molecular flexibility index (Phi) is 7.81. The minimum absolute atomic E-state index is 0.229. The second-order valence-electron chi connectivity index (χ2n) is 7.52. The number of carbonyl (C=O) groups is 1. The average Bonchev–Trinajstić information content (AvgIpc) is 3.24. The number of nitrogens with one attached hydrogen (secondary N) is 2. The number of rotatable bonds is 7. The van der Waals surface area contributed by atoms with Crippen molar-refractivity contribution < 1.29 is 4.79 Å². The van der Waals surface area contributed by atoms with E-state index in [1.807, 2.05) is 24.3 Å². The van der Waals surface area contributed by atoms with Gasteiger partial charge in [0.05, 0.1) is 0 Å². The second-order valence-corrected chi connectivity index (χ2v) is 9.12. The van der Waals surface area contributed by atoms with Gasteiger partial charge in [0.25, 0.3) is 0 Å². The van der Waals surface area contributed by atoms with E-state index in [0.717, 1.165) is 54.3 Å². The smallest absolute Gasteiger partial charge is 0.319 e. The summed E-state index contributed by atoms with van der Waals surface area (Å²) >= 11 is 13.3. The Morgan fingerprint density at radius 1 is 1.03 bits per heavy atom. The zero-order chi connectivity index (χ0) is 22.3. The molecule has 32 heavy (non-hydrogen) atoms. The van der Waals surface area contributed by atoms with Gasteiger partial charge in [-0.15, -0.1) is 0 Å². The number of aromatic nitrogens is 2. The van der Waals surface area contributed by atoms with Crippen molar-refractivity contribution in [2.24, 2.45) is 0 Å². The Morgan fingerprint density at radius 2 is 1.81 bits per heavy atom. The van der Waals surface area contributed by atoms with Gasteiger partial charge >= 0.3 is 6.03 Å². The number of nitrogens with zero attached hydrogens (tertiary/aromatic N) is 4. The number of amides is 2. The van der Waals surface area contributed by atoms with E-state index in [1.54, 1.807) is 24.3 Å². The van der Waals surface area contributed by atoms with Crippen LogP contribution >= 0.6 is 34.7 Å². The maximum atomic E-state index is 12.0. The first-order valence-corrected chi connectivity index (χ1v) is 11.9. The number of carbonyl (C=O) groups excluding carboxylic acids is 1. The topological polar surface area (TPSA) is 73.4 Å². The van der Waals surface area contributed by atoms with Crippen molar-refractivity contribution in [1.82, 2.24) is 19.6 Å². The third-order valence-electron chi connectivity index (χ3n) is 5.17. The molecule has 0 bridgehead atoms. The lowest BCUT2D eigenvalue weighted by Crippen LogP contribution is -2.48. The highest BCUT2D eigenvalue weighted by Crippen LogP contribution is 2.21. The van der Waals surface area contributed by atoms with Gasteiger partial charge in [0.2, 0.25) is 5.13 Å². The van der Waals surface area contributed by atoms with Crippen LogP contribution in [0.3, 0.4) is 0 Å². The molecule has 0 aliphatic carbocycles. The molecule has 0 radical (unpaired) electrons. The molecule has 7 nitrogen and oxygen atoms in total. The molecule has 0 unspecified atom stereocenters. The molecule has 1 aliphatic heterocycles. The predicted molar refractivity (Wildman–Crippen MR) is 131 cm³/mol. The Morgan fingerprint density at radius 3 is 2.56 bits per heavy atom. The van der Waals surface area contributed by atoms with Crippen LogP contribution in [0.25, 0.3) is 0 Å². The summed E-state index contributed by atoms with van der Waals surface area (Å²) < 4.78 is 4.52. The molecule has 1 fully saturated rings. The molecule has 168 valence electrons. The van der Waals surface area contributed by atoms with Crippen LogP contribution in [0.2, 0.25) is 10.0 Å². The summed E-state index contributed by atoms with van der Waals surface area (Å²) in [5.41, 5.74) is 1.83. The number of hydrogen-bond acceptors (Lipinski definition) is 6. The average molecular weight is 491 g/mol. The van der Waals surface area contributed by atoms with Crippen molar-refractivity contribution in [3.05, 3.63) is 70.0 Å². The van der Waals surface area contributed by atoms with Gasteiger partial charge < -0.3 is 15.5 Å². The van der Waals surface area contributed by atoms with Crippen molar-refractivity contribution in [3.63, 3.8) is 0 Å². The lowest BCUT2D eigenvalue weighted by molar-refractivity contribution is 0.240. The highest BCUT2D eigenvalue weighted by atomic mass is 35.5. The Hall–Kier alpha value is -2.39. The van der Waals surface area contributed by atoms with E-state index >= 15 is 0 Å². The van der Waals surface area contributed by atoms with Crippen molar-refractivity contribution in [1.29, 1.82) is 0 Å². The fraction of sp³-hybridized carbons (Fsp3) is 0.318. The van der Waals surface area contributed by atoms with Crippen LogP contribution in [0.5, 0.6) is 0 Å². The van der Waals surface area contributed by atoms with Crippen LogP contribution < -0.4 is 15.5 Å². The SMILES string of the molecule is O=C(NCCN1CCN(c2nc(Cc3ccc(Cl)cc3)ns2)CC1)Nc1cccc(Cl)c1. The summed E-state index contributed by atoms with van der Waals surface area (Å²) in [5, 5.41) is 7.97. The van der Waals surface area contributed by atoms with Gasteiger partial charge in [0.1, 0.15) is 5.82 Å². The van der Waals surface area contributed by atoms with Gasteiger partial charge in [0.15, 0.2) is 0 Å². The van der Waals surface area contributed by atoms with E-state index in [2.05, 4.69) is 24.8 Å². The first-order valence-electron chi connectivity index (χ1n) is 10.4. The molecule has 2 N–H and O–H groups in total. The number of hydrogen-bond donors (Lipinski definition) is 2. The van der Waals surface area contributed by atoms with Gasteiger partial charge in [-0.25, -0.2) is 9.78 Å². The van der Waals surface area contributed by atoms with E-state index in [-0.39, 0.29) is 6.03 Å². The molecule has 0 spiro atoms.